The lowest BCUT2D eigenvalue weighted by atomic mass is 9.98. The predicted molar refractivity (Wildman–Crippen MR) is 121 cm³/mol. The molecule has 0 spiro atoms. The van der Waals surface area contributed by atoms with E-state index < -0.39 is 15.9 Å². The summed E-state index contributed by atoms with van der Waals surface area (Å²) in [6.07, 6.45) is 1.06. The average Bonchev–Trinajstić information content (AvgIpc) is 2.76. The normalized spacial score (nSPS) is 17.3. The monoisotopic (exact) mass is 506 g/mol. The van der Waals surface area contributed by atoms with E-state index in [9.17, 15) is 13.2 Å². The fourth-order valence-electron chi connectivity index (χ4n) is 3.38. The molecule has 1 atom stereocenters. The number of benzene rings is 2. The van der Waals surface area contributed by atoms with Crippen molar-refractivity contribution in [3.8, 4) is 11.5 Å². The second-order valence-corrected chi connectivity index (χ2v) is 10.1. The number of carbonyl (C=O) groups excluding carboxylic acids is 1. The van der Waals surface area contributed by atoms with Gasteiger partial charge in [-0.25, -0.2) is 8.42 Å². The zero-order valence-electron chi connectivity index (χ0n) is 16.8. The van der Waals surface area contributed by atoms with Crippen molar-refractivity contribution in [1.82, 2.24) is 4.31 Å². The second-order valence-electron chi connectivity index (χ2n) is 6.95. The van der Waals surface area contributed by atoms with E-state index in [0.29, 0.717) is 35.1 Å². The highest BCUT2D eigenvalue weighted by molar-refractivity contribution is 7.89. The first-order valence-electron chi connectivity index (χ1n) is 9.35. The summed E-state index contributed by atoms with van der Waals surface area (Å²) in [6.45, 7) is 0.303. The molecule has 1 amide bonds. The lowest BCUT2D eigenvalue weighted by molar-refractivity contribution is -0.120. The zero-order chi connectivity index (χ0) is 22.8. The summed E-state index contributed by atoms with van der Waals surface area (Å²) >= 11 is 18.2. The van der Waals surface area contributed by atoms with E-state index >= 15 is 0 Å². The molecule has 1 N–H and O–H groups in total. The predicted octanol–water partition coefficient (Wildman–Crippen LogP) is 4.70. The van der Waals surface area contributed by atoms with Crippen LogP contribution in [0.15, 0.2) is 35.2 Å². The number of rotatable bonds is 6. The largest absolute Gasteiger partial charge is 0.495 e. The maximum absolute atomic E-state index is 13.1. The molecule has 0 unspecified atom stereocenters. The van der Waals surface area contributed by atoms with Gasteiger partial charge < -0.3 is 14.8 Å². The third kappa shape index (κ3) is 5.21. The molecule has 0 saturated carbocycles. The van der Waals surface area contributed by atoms with Crippen LogP contribution in [0.2, 0.25) is 15.1 Å². The SMILES string of the molecule is COc1cc(NC(=O)[C@H]2CCCN(S(=O)(=O)c3cc(Cl)ccc3Cl)C2)c(OC)cc1Cl. The van der Waals surface area contributed by atoms with Crippen molar-refractivity contribution in [2.24, 2.45) is 5.92 Å². The first kappa shape index (κ1) is 23.9. The van der Waals surface area contributed by atoms with Gasteiger partial charge in [0.15, 0.2) is 0 Å². The molecule has 0 aromatic heterocycles. The van der Waals surface area contributed by atoms with Crippen LogP contribution in [0.5, 0.6) is 11.5 Å². The highest BCUT2D eigenvalue weighted by atomic mass is 35.5. The van der Waals surface area contributed by atoms with Gasteiger partial charge in [-0.3, -0.25) is 4.79 Å². The Balaban J connectivity index is 1.81. The van der Waals surface area contributed by atoms with Crippen molar-refractivity contribution in [3.63, 3.8) is 0 Å². The molecular formula is C20H21Cl3N2O5S. The van der Waals surface area contributed by atoms with Gasteiger partial charge >= 0.3 is 0 Å². The Labute approximate surface area is 196 Å². The summed E-state index contributed by atoms with van der Waals surface area (Å²) in [5, 5.41) is 3.47. The lowest BCUT2D eigenvalue weighted by Crippen LogP contribution is -2.43. The van der Waals surface area contributed by atoms with Crippen molar-refractivity contribution in [3.05, 3.63) is 45.4 Å². The maximum Gasteiger partial charge on any atom is 0.244 e. The van der Waals surface area contributed by atoms with Gasteiger partial charge in [-0.1, -0.05) is 34.8 Å². The van der Waals surface area contributed by atoms with E-state index in [-0.39, 0.29) is 33.9 Å². The van der Waals surface area contributed by atoms with Crippen LogP contribution in [0.1, 0.15) is 12.8 Å². The Morgan fingerprint density at radius 3 is 2.45 bits per heavy atom. The summed E-state index contributed by atoms with van der Waals surface area (Å²) in [7, 11) is -0.991. The van der Waals surface area contributed by atoms with Gasteiger partial charge in [-0.2, -0.15) is 4.31 Å². The Morgan fingerprint density at radius 1 is 1.06 bits per heavy atom. The Morgan fingerprint density at radius 2 is 1.77 bits per heavy atom. The first-order chi connectivity index (χ1) is 14.7. The van der Waals surface area contributed by atoms with Crippen LogP contribution in [0.3, 0.4) is 0 Å². The fraction of sp³-hybridized carbons (Fsp3) is 0.350. The molecule has 0 radical (unpaired) electrons. The smallest absolute Gasteiger partial charge is 0.244 e. The Kier molecular flexibility index (Phi) is 7.59. The number of nitrogens with zero attached hydrogens (tertiary/aromatic N) is 1. The van der Waals surface area contributed by atoms with Crippen LogP contribution in [0.25, 0.3) is 0 Å². The molecule has 1 saturated heterocycles. The highest BCUT2D eigenvalue weighted by Gasteiger charge is 2.34. The fourth-order valence-corrected chi connectivity index (χ4v) is 5.87. The molecule has 168 valence electrons. The van der Waals surface area contributed by atoms with Gasteiger partial charge in [0, 0.05) is 30.2 Å². The summed E-state index contributed by atoms with van der Waals surface area (Å²) in [5.41, 5.74) is 0.381. The van der Waals surface area contributed by atoms with E-state index in [2.05, 4.69) is 5.32 Å². The van der Waals surface area contributed by atoms with Crippen LogP contribution in [0, 0.1) is 5.92 Å². The third-order valence-corrected chi connectivity index (χ3v) is 7.87. The quantitative estimate of drug-likeness (QED) is 0.612. The minimum atomic E-state index is -3.91. The molecule has 1 aliphatic rings. The molecule has 2 aromatic carbocycles. The Hall–Kier alpha value is -1.71. The topological polar surface area (TPSA) is 84.9 Å². The molecule has 3 rings (SSSR count). The number of piperidine rings is 1. The second kappa shape index (κ2) is 9.83. The minimum absolute atomic E-state index is 0.0179. The molecule has 1 heterocycles. The molecule has 7 nitrogen and oxygen atoms in total. The van der Waals surface area contributed by atoms with Gasteiger partial charge in [0.05, 0.1) is 35.9 Å². The summed E-state index contributed by atoms with van der Waals surface area (Å²) in [6, 6.07) is 7.36. The van der Waals surface area contributed by atoms with Crippen LogP contribution in [-0.2, 0) is 14.8 Å². The number of halogens is 3. The number of methoxy groups -OCH3 is 2. The maximum atomic E-state index is 13.1. The number of amides is 1. The van der Waals surface area contributed by atoms with E-state index in [1.54, 1.807) is 6.07 Å². The standard InChI is InChI=1S/C20H21Cl3N2O5S/c1-29-17-10-16(18(30-2)9-15(17)23)24-20(26)12-4-3-7-25(11-12)31(27,28)19-8-13(21)5-6-14(19)22/h5-6,8-10,12H,3-4,7,11H2,1-2H3,(H,24,26)/t12-/m0/s1. The third-order valence-electron chi connectivity index (χ3n) is 5.00. The number of carbonyl (C=O) groups is 1. The molecule has 1 fully saturated rings. The van der Waals surface area contributed by atoms with Crippen molar-refractivity contribution in [2.75, 3.05) is 32.6 Å². The van der Waals surface area contributed by atoms with Crippen molar-refractivity contribution in [1.29, 1.82) is 0 Å². The van der Waals surface area contributed by atoms with Crippen molar-refractivity contribution >= 4 is 56.4 Å². The molecular weight excluding hydrogens is 487 g/mol. The molecule has 31 heavy (non-hydrogen) atoms. The highest BCUT2D eigenvalue weighted by Crippen LogP contribution is 2.37. The average molecular weight is 508 g/mol. The van der Waals surface area contributed by atoms with Gasteiger partial charge in [0.1, 0.15) is 16.4 Å². The van der Waals surface area contributed by atoms with E-state index in [1.165, 1.54) is 42.8 Å². The molecule has 0 bridgehead atoms. The number of nitrogens with one attached hydrogen (secondary N) is 1. The van der Waals surface area contributed by atoms with Gasteiger partial charge in [-0.15, -0.1) is 0 Å². The zero-order valence-corrected chi connectivity index (χ0v) is 19.9. The number of sulfonamides is 1. The number of hydrogen-bond acceptors (Lipinski definition) is 5. The molecule has 2 aromatic rings. The van der Waals surface area contributed by atoms with E-state index in [0.717, 1.165) is 0 Å². The lowest BCUT2D eigenvalue weighted by Gasteiger charge is -2.31. The van der Waals surface area contributed by atoms with Crippen LogP contribution in [-0.4, -0.2) is 45.9 Å². The van der Waals surface area contributed by atoms with Gasteiger partial charge in [0.2, 0.25) is 15.9 Å². The van der Waals surface area contributed by atoms with Crippen molar-refractivity contribution < 1.29 is 22.7 Å². The summed E-state index contributed by atoms with van der Waals surface area (Å²) < 4.78 is 38.0. The van der Waals surface area contributed by atoms with Gasteiger partial charge in [0.25, 0.3) is 0 Å². The molecule has 0 aliphatic carbocycles. The molecule has 1 aliphatic heterocycles. The van der Waals surface area contributed by atoms with Crippen molar-refractivity contribution in [2.45, 2.75) is 17.7 Å². The van der Waals surface area contributed by atoms with Crippen LogP contribution in [0.4, 0.5) is 5.69 Å². The van der Waals surface area contributed by atoms with Crippen LogP contribution >= 0.6 is 34.8 Å². The number of ether oxygens (including phenoxy) is 2. The summed E-state index contributed by atoms with van der Waals surface area (Å²) in [4.78, 5) is 12.9. The molecule has 11 heteroatoms. The van der Waals surface area contributed by atoms with E-state index in [4.69, 9.17) is 44.3 Å². The first-order valence-corrected chi connectivity index (χ1v) is 11.9. The van der Waals surface area contributed by atoms with Crippen LogP contribution < -0.4 is 14.8 Å². The van der Waals surface area contributed by atoms with E-state index in [1.807, 2.05) is 0 Å². The number of hydrogen-bond donors (Lipinski definition) is 1. The van der Waals surface area contributed by atoms with Gasteiger partial charge in [-0.05, 0) is 31.0 Å². The number of anilines is 1. The Bertz CT molecular complexity index is 1090. The summed E-state index contributed by atoms with van der Waals surface area (Å²) in [5.74, 6) is -0.154. The minimum Gasteiger partial charge on any atom is -0.495 e.